The number of aromatic nitrogens is 2. The maximum atomic E-state index is 13.3. The molecule has 4 rings (SSSR count). The number of benzene rings is 1. The lowest BCUT2D eigenvalue weighted by Crippen LogP contribution is -2.28. The van der Waals surface area contributed by atoms with Crippen LogP contribution in [0.3, 0.4) is 0 Å². The number of Topliss-reactive ketones (excluding diaryl/α,β-unsaturated/α-hetero) is 1. The zero-order valence-electron chi connectivity index (χ0n) is 25.7. The first-order valence-electron chi connectivity index (χ1n) is 14.8. The first kappa shape index (κ1) is 32.9. The third-order valence-electron chi connectivity index (χ3n) is 7.29. The van der Waals surface area contributed by atoms with E-state index in [1.54, 1.807) is 30.3 Å². The lowest BCUT2D eigenvalue weighted by molar-refractivity contribution is -0.164. The molecule has 42 heavy (non-hydrogen) atoms. The highest BCUT2D eigenvalue weighted by atomic mass is 16.7. The molecule has 228 valence electrons. The van der Waals surface area contributed by atoms with Crippen LogP contribution in [0.5, 0.6) is 11.6 Å². The second-order valence-electron chi connectivity index (χ2n) is 9.95. The molecule has 0 spiro atoms. The van der Waals surface area contributed by atoms with Crippen molar-refractivity contribution < 1.29 is 33.3 Å². The number of nitrogens with zero attached hydrogens (tertiary/aromatic N) is 2. The van der Waals surface area contributed by atoms with Gasteiger partial charge in [-0.05, 0) is 44.4 Å². The van der Waals surface area contributed by atoms with Crippen LogP contribution in [0.2, 0.25) is 0 Å². The number of hydrogen-bond donors (Lipinski definition) is 0. The van der Waals surface area contributed by atoms with Crippen molar-refractivity contribution in [2.24, 2.45) is 0 Å². The molecule has 1 aliphatic rings. The van der Waals surface area contributed by atoms with Crippen LogP contribution in [0, 0.1) is 6.92 Å². The second kappa shape index (κ2) is 16.2. The monoisotopic (exact) mass is 580 g/mol. The molecule has 9 nitrogen and oxygen atoms in total. The summed E-state index contributed by atoms with van der Waals surface area (Å²) in [6, 6.07) is 12.5. The molecule has 0 radical (unpaired) electrons. The molecule has 0 saturated carbocycles. The van der Waals surface area contributed by atoms with Gasteiger partial charge < -0.3 is 23.7 Å². The molecule has 1 aromatic carbocycles. The molecular weight excluding hydrogens is 536 g/mol. The zero-order chi connectivity index (χ0) is 30.5. The van der Waals surface area contributed by atoms with Crippen LogP contribution in [-0.4, -0.2) is 61.5 Å². The van der Waals surface area contributed by atoms with Gasteiger partial charge in [0.1, 0.15) is 5.75 Å². The maximum absolute atomic E-state index is 13.3. The molecule has 1 unspecified atom stereocenters. The van der Waals surface area contributed by atoms with Crippen molar-refractivity contribution in [1.29, 1.82) is 0 Å². The highest BCUT2D eigenvalue weighted by Crippen LogP contribution is 2.31. The fourth-order valence-corrected chi connectivity index (χ4v) is 5.02. The van der Waals surface area contributed by atoms with Gasteiger partial charge in [-0.1, -0.05) is 45.7 Å². The average molecular weight is 581 g/mol. The van der Waals surface area contributed by atoms with Crippen molar-refractivity contribution >= 4 is 22.7 Å². The maximum Gasteiger partial charge on any atom is 0.315 e. The van der Waals surface area contributed by atoms with E-state index in [1.807, 2.05) is 32.9 Å². The Kier molecular flexibility index (Phi) is 12.7. The summed E-state index contributed by atoms with van der Waals surface area (Å²) < 4.78 is 27.9. The van der Waals surface area contributed by atoms with Crippen LogP contribution in [-0.2, 0) is 19.0 Å². The quantitative estimate of drug-likeness (QED) is 0.118. The summed E-state index contributed by atoms with van der Waals surface area (Å²) in [5.74, 6) is -1.17. The molecule has 2 aromatic heterocycles. The number of carbonyl (C=O) groups excluding carboxylic acids is 2. The number of hydrogen-bond acceptors (Lipinski definition) is 9. The molecule has 9 heteroatoms. The summed E-state index contributed by atoms with van der Waals surface area (Å²) in [6.45, 7) is 8.82. The van der Waals surface area contributed by atoms with Gasteiger partial charge in [-0.15, -0.1) is 0 Å². The fourth-order valence-electron chi connectivity index (χ4n) is 5.02. The Bertz CT molecular complexity index is 1320. The van der Waals surface area contributed by atoms with Crippen molar-refractivity contribution in [1.82, 2.24) is 9.97 Å². The number of esters is 1. The summed E-state index contributed by atoms with van der Waals surface area (Å²) >= 11 is 0. The van der Waals surface area contributed by atoms with Crippen LogP contribution >= 0.6 is 0 Å². The van der Waals surface area contributed by atoms with E-state index in [9.17, 15) is 9.59 Å². The number of pyridine rings is 2. The molecule has 0 bridgehead atoms. The van der Waals surface area contributed by atoms with Gasteiger partial charge in [-0.2, -0.15) is 0 Å². The Hall–Kier alpha value is -3.56. The highest BCUT2D eigenvalue weighted by Gasteiger charge is 2.34. The second-order valence-corrected chi connectivity index (χ2v) is 9.95. The Morgan fingerprint density at radius 3 is 2.43 bits per heavy atom. The number of methoxy groups -OCH3 is 2. The largest absolute Gasteiger partial charge is 0.496 e. The molecule has 0 amide bonds. The third kappa shape index (κ3) is 8.49. The topological polar surface area (TPSA) is 106 Å². The van der Waals surface area contributed by atoms with Gasteiger partial charge in [0.15, 0.2) is 12.4 Å². The number of unbranched alkanes of at least 4 members (excludes halogenated alkanes) is 2. The Balaban J connectivity index is 0.00000237. The van der Waals surface area contributed by atoms with Gasteiger partial charge in [-0.25, -0.2) is 4.98 Å². The average Bonchev–Trinajstić information content (AvgIpc) is 3.51. The van der Waals surface area contributed by atoms with Crippen molar-refractivity contribution in [3.8, 4) is 11.6 Å². The van der Waals surface area contributed by atoms with Crippen LogP contribution in [0.25, 0.3) is 10.9 Å². The molecule has 1 aliphatic heterocycles. The normalized spacial score (nSPS) is 14.5. The van der Waals surface area contributed by atoms with E-state index >= 15 is 0 Å². The van der Waals surface area contributed by atoms with Crippen molar-refractivity contribution in [2.45, 2.75) is 77.9 Å². The Labute approximate surface area is 248 Å². The number of aryl methyl sites for hydroxylation is 1. The SMILES string of the molecule is CC.CCC1(CCCCCC(C(=O)OCC(=O)c2cc3ccc(C)nc3cc2OC)c2cccc(OC)n2)OCCO1. The van der Waals surface area contributed by atoms with Crippen LogP contribution in [0.15, 0.2) is 42.5 Å². The lowest BCUT2D eigenvalue weighted by Gasteiger charge is -2.25. The van der Waals surface area contributed by atoms with Gasteiger partial charge >= 0.3 is 5.97 Å². The number of ether oxygens (including phenoxy) is 5. The van der Waals surface area contributed by atoms with Crippen LogP contribution in [0.1, 0.15) is 87.0 Å². The van der Waals surface area contributed by atoms with E-state index < -0.39 is 24.3 Å². The minimum absolute atomic E-state index is 0.339. The standard InChI is InChI=1S/C31H38N2O7.C2H6/c1-5-31(39-16-17-40-31)15-8-6-7-10-23(25-11-9-12-29(33-25)37-4)30(35)38-20-27(34)24-18-22-14-13-21(2)32-26(22)19-28(24)36-3;1-2/h9,11-14,18-19,23H,5-8,10,15-17,20H2,1-4H3;1-2H3. The Morgan fingerprint density at radius 1 is 0.976 bits per heavy atom. The number of fused-ring (bicyclic) bond motifs is 1. The van der Waals surface area contributed by atoms with E-state index in [4.69, 9.17) is 23.7 Å². The Morgan fingerprint density at radius 2 is 1.74 bits per heavy atom. The minimum Gasteiger partial charge on any atom is -0.496 e. The molecule has 1 fully saturated rings. The summed E-state index contributed by atoms with van der Waals surface area (Å²) in [5, 5.41) is 0.804. The van der Waals surface area contributed by atoms with Gasteiger partial charge in [-0.3, -0.25) is 14.6 Å². The first-order chi connectivity index (χ1) is 20.4. The van der Waals surface area contributed by atoms with E-state index in [2.05, 4.69) is 16.9 Å². The van der Waals surface area contributed by atoms with Crippen molar-refractivity contribution in [3.63, 3.8) is 0 Å². The molecular formula is C33H44N2O7. The van der Waals surface area contributed by atoms with E-state index in [-0.39, 0.29) is 5.78 Å². The summed E-state index contributed by atoms with van der Waals surface area (Å²) in [6.07, 6.45) is 4.73. The first-order valence-corrected chi connectivity index (χ1v) is 14.8. The summed E-state index contributed by atoms with van der Waals surface area (Å²) in [5.41, 5.74) is 2.48. The van der Waals surface area contributed by atoms with Gasteiger partial charge in [0.05, 0.1) is 50.1 Å². The van der Waals surface area contributed by atoms with Crippen LogP contribution in [0.4, 0.5) is 0 Å². The van der Waals surface area contributed by atoms with Gasteiger partial charge in [0.2, 0.25) is 11.7 Å². The van der Waals surface area contributed by atoms with Crippen molar-refractivity contribution in [2.75, 3.05) is 34.0 Å². The molecule has 3 aromatic rings. The van der Waals surface area contributed by atoms with Gasteiger partial charge in [0, 0.05) is 29.6 Å². The van der Waals surface area contributed by atoms with Crippen LogP contribution < -0.4 is 9.47 Å². The molecule has 0 aliphatic carbocycles. The minimum atomic E-state index is -0.632. The van der Waals surface area contributed by atoms with E-state index in [1.165, 1.54) is 14.2 Å². The predicted molar refractivity (Wildman–Crippen MR) is 161 cm³/mol. The van der Waals surface area contributed by atoms with E-state index in [0.29, 0.717) is 42.5 Å². The van der Waals surface area contributed by atoms with Gasteiger partial charge in [0.25, 0.3) is 0 Å². The molecule has 0 N–H and O–H groups in total. The summed E-state index contributed by atoms with van der Waals surface area (Å²) in [4.78, 5) is 35.4. The number of carbonyl (C=O) groups is 2. The fraction of sp³-hybridized carbons (Fsp3) is 0.515. The third-order valence-corrected chi connectivity index (χ3v) is 7.29. The predicted octanol–water partition coefficient (Wildman–Crippen LogP) is 6.59. The smallest absolute Gasteiger partial charge is 0.315 e. The van der Waals surface area contributed by atoms with Crippen molar-refractivity contribution in [3.05, 3.63) is 59.4 Å². The zero-order valence-corrected chi connectivity index (χ0v) is 25.7. The number of ketones is 1. The lowest BCUT2D eigenvalue weighted by atomic mass is 9.95. The summed E-state index contributed by atoms with van der Waals surface area (Å²) in [7, 11) is 3.03. The number of rotatable bonds is 14. The molecule has 1 saturated heterocycles. The molecule has 3 heterocycles. The molecule has 1 atom stereocenters. The van der Waals surface area contributed by atoms with E-state index in [0.717, 1.165) is 48.7 Å². The highest BCUT2D eigenvalue weighted by molar-refractivity contribution is 6.03.